The average Bonchev–Trinajstić information content (AvgIpc) is 2.36. The first kappa shape index (κ1) is 11.9. The van der Waals surface area contributed by atoms with Crippen LogP contribution < -0.4 is 0 Å². The van der Waals surface area contributed by atoms with Crippen molar-refractivity contribution in [3.8, 4) is 0 Å². The summed E-state index contributed by atoms with van der Waals surface area (Å²) in [6, 6.07) is 13.5. The van der Waals surface area contributed by atoms with E-state index < -0.39 is 0 Å². The highest BCUT2D eigenvalue weighted by atomic mass is 79.9. The molecule has 1 unspecified atom stereocenters. The third-order valence-corrected chi connectivity index (χ3v) is 5.04. The van der Waals surface area contributed by atoms with Gasteiger partial charge in [-0.25, -0.2) is 0 Å². The van der Waals surface area contributed by atoms with Crippen LogP contribution in [-0.2, 0) is 6.42 Å². The van der Waals surface area contributed by atoms with Gasteiger partial charge in [-0.3, -0.25) is 0 Å². The first-order chi connectivity index (χ1) is 9.13. The zero-order valence-corrected chi connectivity index (χ0v) is 13.7. The molecule has 2 heteroatoms. The van der Waals surface area contributed by atoms with Gasteiger partial charge in [0, 0.05) is 8.95 Å². The van der Waals surface area contributed by atoms with Crippen LogP contribution >= 0.6 is 31.9 Å². The molecule has 0 radical (unpaired) electrons. The molecule has 0 amide bonds. The van der Waals surface area contributed by atoms with Crippen molar-refractivity contribution in [2.24, 2.45) is 0 Å². The van der Waals surface area contributed by atoms with Crippen molar-refractivity contribution < 1.29 is 0 Å². The summed E-state index contributed by atoms with van der Waals surface area (Å²) < 4.78 is 2.36. The van der Waals surface area contributed by atoms with Gasteiger partial charge < -0.3 is 0 Å². The van der Waals surface area contributed by atoms with E-state index in [1.165, 1.54) is 41.6 Å². The molecule has 4 rings (SSSR count). The molecule has 0 saturated heterocycles. The lowest BCUT2D eigenvalue weighted by molar-refractivity contribution is 0.763. The number of hydrogen-bond acceptors (Lipinski definition) is 0. The maximum atomic E-state index is 3.64. The van der Waals surface area contributed by atoms with Crippen molar-refractivity contribution in [2.75, 3.05) is 0 Å². The number of halogens is 2. The summed E-state index contributed by atoms with van der Waals surface area (Å²) in [6.45, 7) is 2.32. The molecule has 3 aromatic rings. The van der Waals surface area contributed by atoms with Gasteiger partial charge in [-0.05, 0) is 69.3 Å². The Bertz CT molecular complexity index is 834. The quantitative estimate of drug-likeness (QED) is 0.411. The molecular weight excluding hydrogens is 364 g/mol. The Hall–Kier alpha value is -0.860. The van der Waals surface area contributed by atoms with E-state index in [4.69, 9.17) is 0 Å². The van der Waals surface area contributed by atoms with Crippen LogP contribution in [0.2, 0.25) is 0 Å². The molecule has 1 atom stereocenters. The largest absolute Gasteiger partial charge is 0.0581 e. The number of hydrogen-bond donors (Lipinski definition) is 0. The van der Waals surface area contributed by atoms with Crippen LogP contribution in [0.4, 0.5) is 0 Å². The molecule has 1 aliphatic carbocycles. The van der Waals surface area contributed by atoms with Gasteiger partial charge in [0.2, 0.25) is 0 Å². The Balaban J connectivity index is 2.32. The maximum Gasteiger partial charge on any atom is 0.0184 e. The standard InChI is InChI=1S/C17H12Br2/c1-9-4-12-7-13(18)5-10-2-3-11-6-14(19)8-15(9)17(11)16(10)12/h2-3,5-9H,4H2,1H3. The van der Waals surface area contributed by atoms with Gasteiger partial charge in [0.1, 0.15) is 0 Å². The zero-order valence-electron chi connectivity index (χ0n) is 10.5. The summed E-state index contributed by atoms with van der Waals surface area (Å²) in [5.41, 5.74) is 2.95. The minimum absolute atomic E-state index is 0.576. The van der Waals surface area contributed by atoms with E-state index in [1.807, 2.05) is 0 Å². The van der Waals surface area contributed by atoms with E-state index in [0.29, 0.717) is 5.92 Å². The number of benzene rings is 3. The van der Waals surface area contributed by atoms with E-state index in [-0.39, 0.29) is 0 Å². The highest BCUT2D eigenvalue weighted by Crippen LogP contribution is 2.42. The Labute approximate surface area is 129 Å². The predicted molar refractivity (Wildman–Crippen MR) is 89.0 cm³/mol. The van der Waals surface area contributed by atoms with Crippen LogP contribution in [-0.4, -0.2) is 0 Å². The molecule has 0 aliphatic heterocycles. The fraction of sp³-hybridized carbons (Fsp3) is 0.176. The topological polar surface area (TPSA) is 0 Å². The second-order valence-corrected chi connectivity index (χ2v) is 7.26. The molecule has 0 bridgehead atoms. The second-order valence-electron chi connectivity index (χ2n) is 5.43. The van der Waals surface area contributed by atoms with Crippen molar-refractivity contribution in [3.63, 3.8) is 0 Å². The molecule has 0 saturated carbocycles. The Morgan fingerprint density at radius 2 is 1.53 bits per heavy atom. The number of rotatable bonds is 0. The molecule has 0 heterocycles. The van der Waals surface area contributed by atoms with Crippen molar-refractivity contribution in [1.82, 2.24) is 0 Å². The molecule has 0 nitrogen and oxygen atoms in total. The molecular formula is C17H12Br2. The molecule has 0 fully saturated rings. The summed E-state index contributed by atoms with van der Waals surface area (Å²) in [7, 11) is 0. The smallest absolute Gasteiger partial charge is 0.0184 e. The second kappa shape index (κ2) is 4.07. The van der Waals surface area contributed by atoms with Crippen molar-refractivity contribution in [2.45, 2.75) is 19.3 Å². The molecule has 94 valence electrons. The van der Waals surface area contributed by atoms with E-state index in [0.717, 1.165) is 6.42 Å². The Morgan fingerprint density at radius 3 is 2.26 bits per heavy atom. The third-order valence-electron chi connectivity index (χ3n) is 4.13. The summed E-state index contributed by atoms with van der Waals surface area (Å²) in [5, 5.41) is 5.57. The van der Waals surface area contributed by atoms with Gasteiger partial charge in [0.05, 0.1) is 0 Å². The van der Waals surface area contributed by atoms with E-state index in [2.05, 4.69) is 75.2 Å². The average molecular weight is 376 g/mol. The summed E-state index contributed by atoms with van der Waals surface area (Å²) >= 11 is 7.27. The normalized spacial score (nSPS) is 17.5. The van der Waals surface area contributed by atoms with Crippen molar-refractivity contribution >= 4 is 53.4 Å². The highest BCUT2D eigenvalue weighted by Gasteiger charge is 2.21. The van der Waals surface area contributed by atoms with Crippen molar-refractivity contribution in [1.29, 1.82) is 0 Å². The summed E-state index contributed by atoms with van der Waals surface area (Å²) in [5.74, 6) is 0.576. The van der Waals surface area contributed by atoms with Crippen molar-refractivity contribution in [3.05, 3.63) is 56.5 Å². The van der Waals surface area contributed by atoms with Gasteiger partial charge in [0.15, 0.2) is 0 Å². The fourth-order valence-electron chi connectivity index (χ4n) is 3.36. The van der Waals surface area contributed by atoms with Gasteiger partial charge in [-0.1, -0.05) is 50.9 Å². The Kier molecular flexibility index (Phi) is 2.55. The van der Waals surface area contributed by atoms with Gasteiger partial charge in [-0.2, -0.15) is 0 Å². The fourth-order valence-corrected chi connectivity index (χ4v) is 4.38. The van der Waals surface area contributed by atoms with Crippen LogP contribution in [0.3, 0.4) is 0 Å². The van der Waals surface area contributed by atoms with E-state index in [1.54, 1.807) is 0 Å². The third kappa shape index (κ3) is 1.70. The maximum absolute atomic E-state index is 3.64. The lowest BCUT2D eigenvalue weighted by atomic mass is 9.81. The first-order valence-corrected chi connectivity index (χ1v) is 8.06. The van der Waals surface area contributed by atoms with Crippen LogP contribution in [0.1, 0.15) is 24.0 Å². The highest BCUT2D eigenvalue weighted by molar-refractivity contribution is 9.10. The van der Waals surface area contributed by atoms with Crippen LogP contribution in [0.15, 0.2) is 45.3 Å². The van der Waals surface area contributed by atoms with Crippen LogP contribution in [0, 0.1) is 0 Å². The molecule has 0 aromatic heterocycles. The monoisotopic (exact) mass is 374 g/mol. The summed E-state index contributed by atoms with van der Waals surface area (Å²) in [4.78, 5) is 0. The SMILES string of the molecule is CC1Cc2cc(Br)cc3ccc4cc(Br)cc1c4c23. The lowest BCUT2D eigenvalue weighted by Crippen LogP contribution is -2.06. The van der Waals surface area contributed by atoms with E-state index >= 15 is 0 Å². The minimum atomic E-state index is 0.576. The molecule has 0 spiro atoms. The van der Waals surface area contributed by atoms with Gasteiger partial charge in [0.25, 0.3) is 0 Å². The van der Waals surface area contributed by atoms with Gasteiger partial charge >= 0.3 is 0 Å². The predicted octanol–water partition coefficient (Wildman–Crippen LogP) is 6.18. The first-order valence-electron chi connectivity index (χ1n) is 6.48. The van der Waals surface area contributed by atoms with E-state index in [9.17, 15) is 0 Å². The Morgan fingerprint density at radius 1 is 0.895 bits per heavy atom. The van der Waals surface area contributed by atoms with Gasteiger partial charge in [-0.15, -0.1) is 0 Å². The molecule has 19 heavy (non-hydrogen) atoms. The molecule has 1 aliphatic rings. The zero-order chi connectivity index (χ0) is 13.1. The molecule has 3 aromatic carbocycles. The van der Waals surface area contributed by atoms with Crippen LogP contribution in [0.5, 0.6) is 0 Å². The lowest BCUT2D eigenvalue weighted by Gasteiger charge is -2.24. The minimum Gasteiger partial charge on any atom is -0.0581 e. The molecule has 0 N–H and O–H groups in total. The van der Waals surface area contributed by atoms with Crippen LogP contribution in [0.25, 0.3) is 21.5 Å². The summed E-state index contributed by atoms with van der Waals surface area (Å²) in [6.07, 6.45) is 1.12.